The van der Waals surface area contributed by atoms with Gasteiger partial charge in [-0.1, -0.05) is 0 Å². The molecule has 1 saturated heterocycles. The van der Waals surface area contributed by atoms with Crippen LogP contribution in [0.25, 0.3) is 0 Å². The maximum absolute atomic E-state index is 5.68. The van der Waals surface area contributed by atoms with Gasteiger partial charge in [0.2, 0.25) is 5.95 Å². The molecule has 0 spiro atoms. The molecule has 0 amide bonds. The number of ether oxygens (including phenoxy) is 1. The van der Waals surface area contributed by atoms with Crippen LogP contribution in [0, 0.1) is 0 Å². The van der Waals surface area contributed by atoms with Crippen LogP contribution in [0.4, 0.5) is 5.95 Å². The molecule has 5 nitrogen and oxygen atoms in total. The molecule has 0 aromatic carbocycles. The van der Waals surface area contributed by atoms with Gasteiger partial charge in [-0.2, -0.15) is 0 Å². The first-order valence-corrected chi connectivity index (χ1v) is 5.86. The van der Waals surface area contributed by atoms with E-state index in [9.17, 15) is 0 Å². The van der Waals surface area contributed by atoms with Crippen molar-refractivity contribution in [2.24, 2.45) is 0 Å². The Morgan fingerprint density at radius 2 is 2.56 bits per heavy atom. The largest absolute Gasteiger partial charge is 0.374 e. The third-order valence-electron chi connectivity index (χ3n) is 2.86. The van der Waals surface area contributed by atoms with Gasteiger partial charge in [0, 0.05) is 45.6 Å². The van der Waals surface area contributed by atoms with Gasteiger partial charge in [0.05, 0.1) is 12.7 Å². The molecule has 1 N–H and O–H groups in total. The van der Waals surface area contributed by atoms with E-state index in [2.05, 4.69) is 33.7 Å². The highest BCUT2D eigenvalue weighted by Crippen LogP contribution is 2.11. The minimum atomic E-state index is 0.265. The van der Waals surface area contributed by atoms with E-state index in [1.54, 1.807) is 0 Å². The Labute approximate surface area is 96.4 Å². The quantitative estimate of drug-likeness (QED) is 0.800. The Hall–Kier alpha value is -1.07. The van der Waals surface area contributed by atoms with Crippen molar-refractivity contribution in [2.75, 3.05) is 38.2 Å². The highest BCUT2D eigenvalue weighted by Gasteiger charge is 2.17. The molecule has 1 aromatic rings. The number of hydrogen-bond donors (Lipinski definition) is 1. The second kappa shape index (κ2) is 5.32. The average molecular weight is 224 g/mol. The molecule has 2 heterocycles. The molecule has 1 aromatic heterocycles. The molecule has 1 atom stereocenters. The van der Waals surface area contributed by atoms with Crippen LogP contribution in [0.3, 0.4) is 0 Å². The zero-order valence-corrected chi connectivity index (χ0v) is 10.0. The third kappa shape index (κ3) is 2.54. The van der Waals surface area contributed by atoms with E-state index in [4.69, 9.17) is 4.74 Å². The Morgan fingerprint density at radius 3 is 3.25 bits per heavy atom. The lowest BCUT2D eigenvalue weighted by atomic mass is 10.3. The van der Waals surface area contributed by atoms with E-state index >= 15 is 0 Å². The third-order valence-corrected chi connectivity index (χ3v) is 2.86. The van der Waals surface area contributed by atoms with Crippen LogP contribution in [0.15, 0.2) is 12.4 Å². The zero-order valence-electron chi connectivity index (χ0n) is 10.0. The molecule has 1 unspecified atom stereocenters. The first-order chi connectivity index (χ1) is 7.81. The summed E-state index contributed by atoms with van der Waals surface area (Å²) in [5.41, 5.74) is 0. The molecule has 0 radical (unpaired) electrons. The lowest BCUT2D eigenvalue weighted by molar-refractivity contribution is 0.0338. The monoisotopic (exact) mass is 224 g/mol. The Balaban J connectivity index is 1.93. The summed E-state index contributed by atoms with van der Waals surface area (Å²) < 4.78 is 7.81. The van der Waals surface area contributed by atoms with Crippen molar-refractivity contribution < 1.29 is 4.74 Å². The summed E-state index contributed by atoms with van der Waals surface area (Å²) in [5.74, 6) is 1.01. The summed E-state index contributed by atoms with van der Waals surface area (Å²) in [6.45, 7) is 6.65. The summed E-state index contributed by atoms with van der Waals surface area (Å²) in [5, 5.41) is 3.34. The fraction of sp³-hybridized carbons (Fsp3) is 0.727. The fourth-order valence-corrected chi connectivity index (χ4v) is 2.01. The minimum absolute atomic E-state index is 0.265. The lowest BCUT2D eigenvalue weighted by Crippen LogP contribution is -2.44. The standard InChI is InChI=1S/C11H20N4O/c1-3-15-6-4-13-11(15)14(2)9-10-8-12-5-7-16-10/h4,6,10,12H,3,5,7-9H2,1-2H3. The molecule has 1 aliphatic heterocycles. The van der Waals surface area contributed by atoms with Crippen LogP contribution in [-0.2, 0) is 11.3 Å². The van der Waals surface area contributed by atoms with E-state index in [0.717, 1.165) is 38.7 Å². The van der Waals surface area contributed by atoms with Gasteiger partial charge < -0.3 is 19.5 Å². The van der Waals surface area contributed by atoms with Crippen LogP contribution in [0.5, 0.6) is 0 Å². The lowest BCUT2D eigenvalue weighted by Gasteiger charge is -2.28. The fourth-order valence-electron chi connectivity index (χ4n) is 2.01. The smallest absolute Gasteiger partial charge is 0.205 e. The van der Waals surface area contributed by atoms with Gasteiger partial charge in [-0.3, -0.25) is 0 Å². The summed E-state index contributed by atoms with van der Waals surface area (Å²) in [7, 11) is 2.06. The number of anilines is 1. The van der Waals surface area contributed by atoms with Crippen LogP contribution < -0.4 is 10.2 Å². The molecule has 0 saturated carbocycles. The first-order valence-electron chi connectivity index (χ1n) is 5.86. The Kier molecular flexibility index (Phi) is 3.79. The number of hydrogen-bond acceptors (Lipinski definition) is 4. The number of morpholine rings is 1. The number of aryl methyl sites for hydroxylation is 1. The van der Waals surface area contributed by atoms with Crippen molar-refractivity contribution in [1.82, 2.24) is 14.9 Å². The van der Waals surface area contributed by atoms with Crippen molar-refractivity contribution in [3.63, 3.8) is 0 Å². The number of likely N-dealkylation sites (N-methyl/N-ethyl adjacent to an activating group) is 1. The molecular formula is C11H20N4O. The number of rotatable bonds is 4. The molecule has 1 aliphatic rings. The van der Waals surface area contributed by atoms with E-state index in [-0.39, 0.29) is 6.10 Å². The van der Waals surface area contributed by atoms with Crippen LogP contribution >= 0.6 is 0 Å². The summed E-state index contributed by atoms with van der Waals surface area (Å²) in [6.07, 6.45) is 4.11. The SMILES string of the molecule is CCn1ccnc1N(C)CC1CNCCO1. The molecule has 16 heavy (non-hydrogen) atoms. The van der Waals surface area contributed by atoms with E-state index < -0.39 is 0 Å². The van der Waals surface area contributed by atoms with Crippen LogP contribution in [-0.4, -0.2) is 48.9 Å². The van der Waals surface area contributed by atoms with Gasteiger partial charge in [0.15, 0.2) is 0 Å². The normalized spacial score (nSPS) is 21.0. The number of nitrogens with zero attached hydrogens (tertiary/aromatic N) is 3. The minimum Gasteiger partial charge on any atom is -0.374 e. The highest BCUT2D eigenvalue weighted by molar-refractivity contribution is 5.29. The Morgan fingerprint density at radius 1 is 1.69 bits per heavy atom. The number of nitrogens with one attached hydrogen (secondary N) is 1. The highest BCUT2D eigenvalue weighted by atomic mass is 16.5. The van der Waals surface area contributed by atoms with Gasteiger partial charge in [0.1, 0.15) is 0 Å². The maximum Gasteiger partial charge on any atom is 0.205 e. The van der Waals surface area contributed by atoms with E-state index in [0.29, 0.717) is 0 Å². The molecule has 0 bridgehead atoms. The van der Waals surface area contributed by atoms with Crippen LogP contribution in [0.1, 0.15) is 6.92 Å². The summed E-state index contributed by atoms with van der Waals surface area (Å²) in [6, 6.07) is 0. The van der Waals surface area contributed by atoms with Gasteiger partial charge in [0.25, 0.3) is 0 Å². The molecule has 5 heteroatoms. The summed E-state index contributed by atoms with van der Waals surface area (Å²) >= 11 is 0. The van der Waals surface area contributed by atoms with Crippen molar-refractivity contribution in [3.05, 3.63) is 12.4 Å². The molecule has 0 aliphatic carbocycles. The van der Waals surface area contributed by atoms with E-state index in [1.165, 1.54) is 0 Å². The number of aromatic nitrogens is 2. The van der Waals surface area contributed by atoms with Gasteiger partial charge in [-0.05, 0) is 6.92 Å². The van der Waals surface area contributed by atoms with Crippen molar-refractivity contribution in [1.29, 1.82) is 0 Å². The maximum atomic E-state index is 5.68. The second-order valence-electron chi connectivity index (χ2n) is 4.09. The van der Waals surface area contributed by atoms with Crippen molar-refractivity contribution in [2.45, 2.75) is 19.6 Å². The van der Waals surface area contributed by atoms with Gasteiger partial charge in [-0.15, -0.1) is 0 Å². The zero-order chi connectivity index (χ0) is 11.4. The predicted molar refractivity (Wildman–Crippen MR) is 63.8 cm³/mol. The molecule has 90 valence electrons. The second-order valence-corrected chi connectivity index (χ2v) is 4.09. The Bertz CT molecular complexity index is 320. The average Bonchev–Trinajstić information content (AvgIpc) is 2.78. The molecule has 1 fully saturated rings. The summed E-state index contributed by atoms with van der Waals surface area (Å²) in [4.78, 5) is 6.52. The predicted octanol–water partition coefficient (Wildman–Crippen LogP) is 0.328. The molecule has 2 rings (SSSR count). The van der Waals surface area contributed by atoms with Gasteiger partial charge in [-0.25, -0.2) is 4.98 Å². The van der Waals surface area contributed by atoms with Crippen molar-refractivity contribution in [3.8, 4) is 0 Å². The van der Waals surface area contributed by atoms with E-state index in [1.807, 2.05) is 12.4 Å². The van der Waals surface area contributed by atoms with Crippen molar-refractivity contribution >= 4 is 5.95 Å². The topological polar surface area (TPSA) is 42.3 Å². The first kappa shape index (κ1) is 11.4. The van der Waals surface area contributed by atoms with Gasteiger partial charge >= 0.3 is 0 Å². The van der Waals surface area contributed by atoms with Crippen LogP contribution in [0.2, 0.25) is 0 Å². The number of imidazole rings is 1. The molecular weight excluding hydrogens is 204 g/mol.